The summed E-state index contributed by atoms with van der Waals surface area (Å²) in [5.41, 5.74) is 1.86. The summed E-state index contributed by atoms with van der Waals surface area (Å²) >= 11 is 0. The van der Waals surface area contributed by atoms with Gasteiger partial charge in [0.1, 0.15) is 12.2 Å². The molecule has 1 fully saturated rings. The van der Waals surface area contributed by atoms with E-state index in [1.54, 1.807) is 0 Å². The highest BCUT2D eigenvalue weighted by Crippen LogP contribution is 2.23. The largest absolute Gasteiger partial charge is 0.323 e. The summed E-state index contributed by atoms with van der Waals surface area (Å²) < 4.78 is 1.81. The Morgan fingerprint density at radius 2 is 2.21 bits per heavy atom. The van der Waals surface area contributed by atoms with Crippen molar-refractivity contribution in [2.45, 2.75) is 32.9 Å². The fourth-order valence-corrected chi connectivity index (χ4v) is 2.78. The first-order valence-corrected chi connectivity index (χ1v) is 6.84. The molecular formula is C14H18N4O. The van der Waals surface area contributed by atoms with Gasteiger partial charge in [0.25, 0.3) is 0 Å². The van der Waals surface area contributed by atoms with E-state index >= 15 is 0 Å². The van der Waals surface area contributed by atoms with Crippen LogP contribution < -0.4 is 0 Å². The first kappa shape index (κ1) is 12.1. The molecule has 1 atom stereocenters. The van der Waals surface area contributed by atoms with Gasteiger partial charge in [0, 0.05) is 13.0 Å². The number of para-hydroxylation sites is 1. The zero-order valence-electron chi connectivity index (χ0n) is 11.1. The molecule has 19 heavy (non-hydrogen) atoms. The average molecular weight is 258 g/mol. The Morgan fingerprint density at radius 1 is 1.37 bits per heavy atom. The maximum absolute atomic E-state index is 12.0. The Balaban J connectivity index is 1.76. The molecule has 5 heteroatoms. The maximum Gasteiger partial charge on any atom is 0.224 e. The minimum absolute atomic E-state index is 0.234. The van der Waals surface area contributed by atoms with Gasteiger partial charge in [0.15, 0.2) is 0 Å². The van der Waals surface area contributed by atoms with E-state index in [1.807, 2.05) is 33.8 Å². The van der Waals surface area contributed by atoms with E-state index < -0.39 is 0 Å². The van der Waals surface area contributed by atoms with Crippen molar-refractivity contribution in [3.63, 3.8) is 0 Å². The van der Waals surface area contributed by atoms with Crippen molar-refractivity contribution in [2.75, 3.05) is 6.54 Å². The van der Waals surface area contributed by atoms with Crippen LogP contribution in [0.25, 0.3) is 11.0 Å². The van der Waals surface area contributed by atoms with Crippen molar-refractivity contribution in [3.8, 4) is 0 Å². The number of amides is 1. The van der Waals surface area contributed by atoms with Crippen LogP contribution in [0.1, 0.15) is 26.2 Å². The molecule has 0 aliphatic carbocycles. The molecule has 1 saturated heterocycles. The van der Waals surface area contributed by atoms with Crippen LogP contribution in [-0.2, 0) is 11.5 Å². The summed E-state index contributed by atoms with van der Waals surface area (Å²) in [5, 5.41) is 8.25. The summed E-state index contributed by atoms with van der Waals surface area (Å²) in [5.74, 6) is 0.741. The molecule has 5 nitrogen and oxygen atoms in total. The molecule has 0 radical (unpaired) electrons. The van der Waals surface area contributed by atoms with Gasteiger partial charge in [-0.2, -0.15) is 0 Å². The van der Waals surface area contributed by atoms with Gasteiger partial charge in [-0.15, -0.1) is 5.10 Å². The SMILES string of the molecule is CCCC1CC(=O)N(Cn2nnc3ccccc32)C1. The first-order valence-electron chi connectivity index (χ1n) is 6.84. The van der Waals surface area contributed by atoms with Crippen molar-refractivity contribution in [1.29, 1.82) is 0 Å². The lowest BCUT2D eigenvalue weighted by Crippen LogP contribution is -2.28. The summed E-state index contributed by atoms with van der Waals surface area (Å²) in [7, 11) is 0. The molecule has 1 aromatic heterocycles. The molecule has 1 aliphatic rings. The monoisotopic (exact) mass is 258 g/mol. The average Bonchev–Trinajstić information content (AvgIpc) is 2.96. The fourth-order valence-electron chi connectivity index (χ4n) is 2.78. The molecule has 0 bridgehead atoms. The number of hydrogen-bond donors (Lipinski definition) is 0. The van der Waals surface area contributed by atoms with Crippen molar-refractivity contribution in [2.24, 2.45) is 5.92 Å². The third-order valence-electron chi connectivity index (χ3n) is 3.72. The van der Waals surface area contributed by atoms with Crippen molar-refractivity contribution in [3.05, 3.63) is 24.3 Å². The first-order chi connectivity index (χ1) is 9.28. The topological polar surface area (TPSA) is 51.0 Å². The zero-order chi connectivity index (χ0) is 13.2. The van der Waals surface area contributed by atoms with E-state index in [4.69, 9.17) is 0 Å². The Labute approximate surface area is 112 Å². The Morgan fingerprint density at radius 3 is 3.05 bits per heavy atom. The molecule has 3 rings (SSSR count). The number of aromatic nitrogens is 3. The number of benzene rings is 1. The molecule has 1 aliphatic heterocycles. The van der Waals surface area contributed by atoms with Gasteiger partial charge < -0.3 is 4.90 Å². The second-order valence-corrected chi connectivity index (χ2v) is 5.19. The minimum atomic E-state index is 0.234. The zero-order valence-corrected chi connectivity index (χ0v) is 11.1. The van der Waals surface area contributed by atoms with Gasteiger partial charge >= 0.3 is 0 Å². The number of nitrogens with zero attached hydrogens (tertiary/aromatic N) is 4. The number of hydrogen-bond acceptors (Lipinski definition) is 3. The van der Waals surface area contributed by atoms with Crippen LogP contribution in [0.3, 0.4) is 0 Å². The fraction of sp³-hybridized carbons (Fsp3) is 0.500. The van der Waals surface area contributed by atoms with E-state index in [9.17, 15) is 4.79 Å². The smallest absolute Gasteiger partial charge is 0.224 e. The van der Waals surface area contributed by atoms with Gasteiger partial charge in [-0.05, 0) is 24.5 Å². The number of rotatable bonds is 4. The van der Waals surface area contributed by atoms with Crippen molar-refractivity contribution >= 4 is 16.9 Å². The molecule has 2 aromatic rings. The number of likely N-dealkylation sites (tertiary alicyclic amines) is 1. The normalized spacial score (nSPS) is 19.5. The van der Waals surface area contributed by atoms with Crippen LogP contribution in [0.5, 0.6) is 0 Å². The molecule has 1 amide bonds. The predicted octanol–water partition coefficient (Wildman–Crippen LogP) is 2.04. The number of carbonyl (C=O) groups is 1. The van der Waals surface area contributed by atoms with Gasteiger partial charge in [-0.3, -0.25) is 4.79 Å². The standard InChI is InChI=1S/C14H18N4O/c1-2-5-11-8-14(19)17(9-11)10-18-13-7-4-3-6-12(13)15-16-18/h3-4,6-7,11H,2,5,8-10H2,1H3. The Hall–Kier alpha value is -1.91. The molecule has 0 N–H and O–H groups in total. The molecule has 2 heterocycles. The third kappa shape index (κ3) is 2.32. The highest BCUT2D eigenvalue weighted by Gasteiger charge is 2.29. The Bertz CT molecular complexity index is 592. The Kier molecular flexibility index (Phi) is 3.19. The summed E-state index contributed by atoms with van der Waals surface area (Å²) in [6, 6.07) is 7.83. The lowest BCUT2D eigenvalue weighted by Gasteiger charge is -2.16. The highest BCUT2D eigenvalue weighted by molar-refractivity contribution is 5.79. The molecule has 1 aromatic carbocycles. The van der Waals surface area contributed by atoms with E-state index in [2.05, 4.69) is 17.2 Å². The van der Waals surface area contributed by atoms with Crippen molar-refractivity contribution < 1.29 is 4.79 Å². The predicted molar refractivity (Wildman–Crippen MR) is 72.3 cm³/mol. The molecule has 100 valence electrons. The van der Waals surface area contributed by atoms with Crippen LogP contribution in [0, 0.1) is 5.92 Å². The molecule has 1 unspecified atom stereocenters. The lowest BCUT2D eigenvalue weighted by molar-refractivity contribution is -0.129. The molecule has 0 spiro atoms. The van der Waals surface area contributed by atoms with Crippen LogP contribution >= 0.6 is 0 Å². The summed E-state index contributed by atoms with van der Waals surface area (Å²) in [6.45, 7) is 3.53. The van der Waals surface area contributed by atoms with E-state index in [0.717, 1.165) is 30.4 Å². The maximum atomic E-state index is 12.0. The number of fused-ring (bicyclic) bond motifs is 1. The second-order valence-electron chi connectivity index (χ2n) is 5.19. The lowest BCUT2D eigenvalue weighted by atomic mass is 10.0. The quantitative estimate of drug-likeness (QED) is 0.843. The third-order valence-corrected chi connectivity index (χ3v) is 3.72. The van der Waals surface area contributed by atoms with Gasteiger partial charge in [0.2, 0.25) is 5.91 Å². The highest BCUT2D eigenvalue weighted by atomic mass is 16.2. The van der Waals surface area contributed by atoms with E-state index in [1.165, 1.54) is 0 Å². The summed E-state index contributed by atoms with van der Waals surface area (Å²) in [6.07, 6.45) is 2.94. The van der Waals surface area contributed by atoms with Gasteiger partial charge in [-0.1, -0.05) is 30.7 Å². The molecule has 0 saturated carbocycles. The van der Waals surface area contributed by atoms with E-state index in [-0.39, 0.29) is 5.91 Å². The minimum Gasteiger partial charge on any atom is -0.323 e. The summed E-state index contributed by atoms with van der Waals surface area (Å²) in [4.78, 5) is 13.9. The van der Waals surface area contributed by atoms with Crippen LogP contribution in [-0.4, -0.2) is 32.3 Å². The van der Waals surface area contributed by atoms with Crippen LogP contribution in [0.4, 0.5) is 0 Å². The van der Waals surface area contributed by atoms with Gasteiger partial charge in [-0.25, -0.2) is 4.68 Å². The number of carbonyl (C=O) groups excluding carboxylic acids is 1. The van der Waals surface area contributed by atoms with Crippen LogP contribution in [0.15, 0.2) is 24.3 Å². The van der Waals surface area contributed by atoms with Crippen LogP contribution in [0.2, 0.25) is 0 Å². The molecular weight excluding hydrogens is 240 g/mol. The van der Waals surface area contributed by atoms with Gasteiger partial charge in [0.05, 0.1) is 5.52 Å². The van der Waals surface area contributed by atoms with Crippen molar-refractivity contribution in [1.82, 2.24) is 19.9 Å². The second kappa shape index (κ2) is 4.99. The van der Waals surface area contributed by atoms with E-state index in [0.29, 0.717) is 19.0 Å².